The van der Waals surface area contributed by atoms with Crippen molar-refractivity contribution in [1.29, 1.82) is 0 Å². The molecule has 1 saturated heterocycles. The van der Waals surface area contributed by atoms with Gasteiger partial charge in [-0.2, -0.15) is 0 Å². The van der Waals surface area contributed by atoms with Crippen LogP contribution in [0.15, 0.2) is 72.8 Å². The quantitative estimate of drug-likeness (QED) is 0.633. The van der Waals surface area contributed by atoms with Crippen molar-refractivity contribution in [3.63, 3.8) is 0 Å². The molecular weight excluding hydrogens is 416 g/mol. The maximum atomic E-state index is 13.5. The molecule has 0 saturated carbocycles. The first-order chi connectivity index (χ1) is 16.1. The number of hydrogen-bond acceptors (Lipinski definition) is 4. The molecule has 1 N–H and O–H groups in total. The van der Waals surface area contributed by atoms with Crippen LogP contribution in [0.5, 0.6) is 5.75 Å². The summed E-state index contributed by atoms with van der Waals surface area (Å²) in [7, 11) is 1.57. The topological polar surface area (TPSA) is 75.7 Å². The molecule has 6 nitrogen and oxygen atoms in total. The van der Waals surface area contributed by atoms with E-state index in [-0.39, 0.29) is 30.2 Å². The molecule has 33 heavy (non-hydrogen) atoms. The molecule has 3 aliphatic carbocycles. The van der Waals surface area contributed by atoms with Gasteiger partial charge in [-0.25, -0.2) is 0 Å². The van der Waals surface area contributed by atoms with Crippen molar-refractivity contribution in [3.8, 4) is 5.75 Å². The second-order valence-corrected chi connectivity index (χ2v) is 8.80. The number of benzene rings is 3. The van der Waals surface area contributed by atoms with Gasteiger partial charge >= 0.3 is 0 Å². The van der Waals surface area contributed by atoms with Gasteiger partial charge in [0.2, 0.25) is 17.7 Å². The fraction of sp³-hybridized carbons (Fsp3) is 0.222. The molecule has 0 spiro atoms. The number of carbonyl (C=O) groups excluding carboxylic acids is 3. The van der Waals surface area contributed by atoms with Gasteiger partial charge in [-0.15, -0.1) is 0 Å². The van der Waals surface area contributed by atoms with Gasteiger partial charge in [-0.1, -0.05) is 48.5 Å². The summed E-state index contributed by atoms with van der Waals surface area (Å²) in [4.78, 5) is 41.0. The van der Waals surface area contributed by atoms with Gasteiger partial charge in [0, 0.05) is 17.5 Å². The van der Waals surface area contributed by atoms with Crippen molar-refractivity contribution < 1.29 is 19.1 Å². The third-order valence-corrected chi connectivity index (χ3v) is 7.22. The molecule has 3 aromatic carbocycles. The summed E-state index contributed by atoms with van der Waals surface area (Å²) in [6, 6.07) is 23.1. The normalized spacial score (nSPS) is 24.2. The minimum absolute atomic E-state index is 0.168. The number of hydrogen-bond donors (Lipinski definition) is 1. The van der Waals surface area contributed by atoms with Gasteiger partial charge in [-0.3, -0.25) is 19.3 Å². The number of rotatable bonds is 4. The van der Waals surface area contributed by atoms with Gasteiger partial charge in [0.25, 0.3) is 0 Å². The highest BCUT2D eigenvalue weighted by molar-refractivity contribution is 6.10. The lowest BCUT2D eigenvalue weighted by molar-refractivity contribution is -0.142. The third-order valence-electron chi connectivity index (χ3n) is 7.22. The molecule has 6 heteroatoms. The Hall–Kier alpha value is -3.93. The summed E-state index contributed by atoms with van der Waals surface area (Å²) in [5.74, 6) is -1.51. The smallest absolute Gasteiger partial charge is 0.244 e. The van der Waals surface area contributed by atoms with Gasteiger partial charge in [0.15, 0.2) is 0 Å². The van der Waals surface area contributed by atoms with E-state index < -0.39 is 17.7 Å². The molecule has 1 fully saturated rings. The number of amides is 3. The first-order valence-corrected chi connectivity index (χ1v) is 11.0. The molecule has 2 unspecified atom stereocenters. The van der Waals surface area contributed by atoms with Crippen molar-refractivity contribution >= 4 is 23.4 Å². The molecule has 7 rings (SSSR count). The van der Waals surface area contributed by atoms with Crippen molar-refractivity contribution in [3.05, 3.63) is 95.1 Å². The number of carbonyl (C=O) groups is 3. The van der Waals surface area contributed by atoms with Crippen LogP contribution in [0.4, 0.5) is 5.69 Å². The maximum Gasteiger partial charge on any atom is 0.244 e. The van der Waals surface area contributed by atoms with Crippen LogP contribution in [-0.4, -0.2) is 36.3 Å². The Morgan fingerprint density at radius 2 is 1.24 bits per heavy atom. The number of nitrogens with zero attached hydrogens (tertiary/aromatic N) is 1. The number of methoxy groups -OCH3 is 1. The van der Waals surface area contributed by atoms with E-state index in [1.54, 1.807) is 31.4 Å². The molecule has 2 atom stereocenters. The van der Waals surface area contributed by atoms with E-state index in [0.717, 1.165) is 27.2 Å². The van der Waals surface area contributed by atoms with Crippen molar-refractivity contribution in [1.82, 2.24) is 4.90 Å². The maximum absolute atomic E-state index is 13.5. The van der Waals surface area contributed by atoms with Crippen molar-refractivity contribution in [2.24, 2.45) is 11.8 Å². The van der Waals surface area contributed by atoms with E-state index in [4.69, 9.17) is 4.74 Å². The molecule has 0 radical (unpaired) electrons. The van der Waals surface area contributed by atoms with Crippen LogP contribution in [0.1, 0.15) is 34.1 Å². The van der Waals surface area contributed by atoms with E-state index in [9.17, 15) is 14.4 Å². The fourth-order valence-corrected chi connectivity index (χ4v) is 5.91. The number of ether oxygens (including phenoxy) is 1. The third kappa shape index (κ3) is 2.83. The van der Waals surface area contributed by atoms with Crippen molar-refractivity contribution in [2.75, 3.05) is 19.0 Å². The fourth-order valence-electron chi connectivity index (χ4n) is 5.91. The summed E-state index contributed by atoms with van der Waals surface area (Å²) in [5.41, 5.74) is 5.06. The Labute approximate surface area is 191 Å². The molecule has 0 aromatic heterocycles. The van der Waals surface area contributed by atoms with Gasteiger partial charge in [-0.05, 0) is 46.5 Å². The number of nitrogens with one attached hydrogen (secondary N) is 1. The van der Waals surface area contributed by atoms with Crippen LogP contribution in [0.3, 0.4) is 0 Å². The second kappa shape index (κ2) is 7.30. The zero-order valence-electron chi connectivity index (χ0n) is 18.0. The van der Waals surface area contributed by atoms with Crippen LogP contribution in [0.25, 0.3) is 0 Å². The molecule has 164 valence electrons. The van der Waals surface area contributed by atoms with Gasteiger partial charge in [0.1, 0.15) is 12.3 Å². The largest absolute Gasteiger partial charge is 0.497 e. The Kier molecular flexibility index (Phi) is 4.37. The second-order valence-electron chi connectivity index (χ2n) is 8.80. The van der Waals surface area contributed by atoms with E-state index in [0.29, 0.717) is 11.4 Å². The number of imide groups is 1. The molecule has 4 aliphatic rings. The molecular formula is C27H22N2O4. The number of likely N-dealkylation sites (tertiary alicyclic amines) is 1. The summed E-state index contributed by atoms with van der Waals surface area (Å²) in [6.45, 7) is -0.289. The minimum Gasteiger partial charge on any atom is -0.497 e. The molecule has 2 bridgehead atoms. The van der Waals surface area contributed by atoms with E-state index in [1.807, 2.05) is 24.3 Å². The summed E-state index contributed by atoms with van der Waals surface area (Å²) < 4.78 is 5.13. The minimum atomic E-state index is -0.471. The van der Waals surface area contributed by atoms with Crippen LogP contribution in [-0.2, 0) is 14.4 Å². The molecule has 3 aromatic rings. The standard InChI is InChI=1S/C27H22N2O4/c1-33-16-12-10-15(11-13-16)28-21(30)14-29-26(31)24-22-17-6-2-3-7-18(17)23(25(24)27(29)32)20-9-5-4-8-19(20)22/h2-13,22-25H,14H2,1H3,(H,28,30). The Morgan fingerprint density at radius 1 is 0.788 bits per heavy atom. The summed E-state index contributed by atoms with van der Waals surface area (Å²) >= 11 is 0. The summed E-state index contributed by atoms with van der Waals surface area (Å²) in [6.07, 6.45) is 0. The Balaban J connectivity index is 1.31. The van der Waals surface area contributed by atoms with Gasteiger partial charge < -0.3 is 10.1 Å². The first-order valence-electron chi connectivity index (χ1n) is 11.0. The van der Waals surface area contributed by atoms with Crippen LogP contribution < -0.4 is 10.1 Å². The molecule has 1 heterocycles. The molecule has 1 aliphatic heterocycles. The lowest BCUT2D eigenvalue weighted by Gasteiger charge is -2.45. The predicted octanol–water partition coefficient (Wildman–Crippen LogP) is 3.53. The lowest BCUT2D eigenvalue weighted by atomic mass is 9.55. The van der Waals surface area contributed by atoms with E-state index in [1.165, 1.54) is 0 Å². The summed E-state index contributed by atoms with van der Waals surface area (Å²) in [5, 5.41) is 2.77. The molecule has 3 amide bonds. The zero-order chi connectivity index (χ0) is 22.7. The SMILES string of the molecule is COc1ccc(NC(=O)CN2C(=O)C3C4c5ccccc5C(c5ccccc54)C3C2=O)cc1. The Bertz CT molecular complexity index is 1180. The Morgan fingerprint density at radius 3 is 1.67 bits per heavy atom. The lowest BCUT2D eigenvalue weighted by Crippen LogP contribution is -2.41. The van der Waals surface area contributed by atoms with Crippen molar-refractivity contribution in [2.45, 2.75) is 11.8 Å². The average molecular weight is 438 g/mol. The van der Waals surface area contributed by atoms with Crippen LogP contribution >= 0.6 is 0 Å². The van der Waals surface area contributed by atoms with Gasteiger partial charge in [0.05, 0.1) is 18.9 Å². The van der Waals surface area contributed by atoms with Crippen LogP contribution in [0.2, 0.25) is 0 Å². The highest BCUT2D eigenvalue weighted by Gasteiger charge is 2.61. The number of anilines is 1. The monoisotopic (exact) mass is 438 g/mol. The van der Waals surface area contributed by atoms with E-state index >= 15 is 0 Å². The highest BCUT2D eigenvalue weighted by atomic mass is 16.5. The average Bonchev–Trinajstić information content (AvgIpc) is 3.10. The van der Waals surface area contributed by atoms with E-state index in [2.05, 4.69) is 29.6 Å². The zero-order valence-corrected chi connectivity index (χ0v) is 18.0. The van der Waals surface area contributed by atoms with Crippen LogP contribution in [0, 0.1) is 11.8 Å². The predicted molar refractivity (Wildman–Crippen MR) is 122 cm³/mol. The first kappa shape index (κ1) is 19.7. The highest BCUT2D eigenvalue weighted by Crippen LogP contribution is 2.60.